The molecule has 1 unspecified atom stereocenters. The van der Waals surface area contributed by atoms with Crippen molar-refractivity contribution in [3.05, 3.63) is 69.9 Å². The molecular weight excluding hydrogens is 414 g/mol. The first-order chi connectivity index (χ1) is 14.9. The van der Waals surface area contributed by atoms with Gasteiger partial charge >= 0.3 is 0 Å². The molecule has 6 nitrogen and oxygen atoms in total. The lowest BCUT2D eigenvalue weighted by atomic mass is 9.85. The molecular formula is C24H24ClN3O3. The molecule has 3 aromatic rings. The van der Waals surface area contributed by atoms with Crippen molar-refractivity contribution in [2.45, 2.75) is 39.5 Å². The number of nitrogens with zero attached hydrogens (tertiary/aromatic N) is 2. The average Bonchev–Trinajstić information content (AvgIpc) is 3.09. The highest BCUT2D eigenvalue weighted by molar-refractivity contribution is 6.31. The second-order valence-corrected chi connectivity index (χ2v) is 8.09. The van der Waals surface area contributed by atoms with Gasteiger partial charge < -0.3 is 10.1 Å². The summed E-state index contributed by atoms with van der Waals surface area (Å²) in [6.07, 6.45) is 0.997. The van der Waals surface area contributed by atoms with E-state index in [2.05, 4.69) is 10.4 Å². The predicted octanol–water partition coefficient (Wildman–Crippen LogP) is 5.24. The molecule has 0 radical (unpaired) electrons. The van der Waals surface area contributed by atoms with Crippen molar-refractivity contribution in [2.24, 2.45) is 0 Å². The summed E-state index contributed by atoms with van der Waals surface area (Å²) in [5.41, 5.74) is 3.61. The lowest BCUT2D eigenvalue weighted by Gasteiger charge is -2.23. The third-order valence-corrected chi connectivity index (χ3v) is 5.91. The van der Waals surface area contributed by atoms with Crippen molar-refractivity contribution in [3.63, 3.8) is 0 Å². The van der Waals surface area contributed by atoms with Gasteiger partial charge in [0.05, 0.1) is 23.9 Å². The Kier molecular flexibility index (Phi) is 5.83. The Morgan fingerprint density at radius 2 is 1.97 bits per heavy atom. The first-order valence-corrected chi connectivity index (χ1v) is 10.7. The number of fused-ring (bicyclic) bond motifs is 1. The largest absolute Gasteiger partial charge is 0.494 e. The highest BCUT2D eigenvalue weighted by Crippen LogP contribution is 2.39. The number of aryl methyl sites for hydroxylation is 1. The minimum atomic E-state index is -0.598. The molecule has 4 rings (SSSR count). The first-order valence-electron chi connectivity index (χ1n) is 10.3. The molecule has 0 aliphatic carbocycles. The highest BCUT2D eigenvalue weighted by Gasteiger charge is 2.36. The molecule has 1 aliphatic heterocycles. The van der Waals surface area contributed by atoms with Crippen LogP contribution in [-0.4, -0.2) is 28.1 Å². The third-order valence-electron chi connectivity index (χ3n) is 5.50. The van der Waals surface area contributed by atoms with Gasteiger partial charge in [-0.15, -0.1) is 0 Å². The van der Waals surface area contributed by atoms with Crippen LogP contribution in [0.25, 0.3) is 5.69 Å². The van der Waals surface area contributed by atoms with E-state index in [9.17, 15) is 9.59 Å². The standard InChI is InChI=1S/C24H24ClN3O3/c1-4-12-31-17-10-8-16(9-11-17)23(30)18-13-21(29)26-24-22(18)15(3)27-28(24)20-7-5-6-19(25)14(20)2/h5-11,18H,4,12-13H2,1-3H3,(H,26,29). The molecule has 2 aromatic carbocycles. The SMILES string of the molecule is CCCOc1ccc(C(=O)C2CC(=O)Nc3c2c(C)nn3-c2cccc(Cl)c2C)cc1. The van der Waals surface area contributed by atoms with Crippen LogP contribution in [0.3, 0.4) is 0 Å². The maximum absolute atomic E-state index is 13.4. The average molecular weight is 438 g/mol. The van der Waals surface area contributed by atoms with Gasteiger partial charge in [0, 0.05) is 22.6 Å². The van der Waals surface area contributed by atoms with E-state index in [-0.39, 0.29) is 18.1 Å². The van der Waals surface area contributed by atoms with Gasteiger partial charge in [0.2, 0.25) is 5.91 Å². The van der Waals surface area contributed by atoms with Crippen molar-refractivity contribution in [2.75, 3.05) is 11.9 Å². The number of anilines is 1. The number of amides is 1. The third kappa shape index (κ3) is 3.95. The maximum Gasteiger partial charge on any atom is 0.226 e. The zero-order chi connectivity index (χ0) is 22.1. The summed E-state index contributed by atoms with van der Waals surface area (Å²) >= 11 is 6.29. The Morgan fingerprint density at radius 1 is 1.23 bits per heavy atom. The van der Waals surface area contributed by atoms with Crippen LogP contribution in [0.4, 0.5) is 5.82 Å². The van der Waals surface area contributed by atoms with Gasteiger partial charge in [0.25, 0.3) is 0 Å². The van der Waals surface area contributed by atoms with Crippen molar-refractivity contribution < 1.29 is 14.3 Å². The van der Waals surface area contributed by atoms with Gasteiger partial charge in [0.15, 0.2) is 5.78 Å². The maximum atomic E-state index is 13.4. The van der Waals surface area contributed by atoms with Gasteiger partial charge in [-0.05, 0) is 62.2 Å². The van der Waals surface area contributed by atoms with Gasteiger partial charge in [-0.1, -0.05) is 24.6 Å². The zero-order valence-corrected chi connectivity index (χ0v) is 18.5. The van der Waals surface area contributed by atoms with Gasteiger partial charge in [-0.3, -0.25) is 9.59 Å². The molecule has 1 atom stereocenters. The molecule has 0 bridgehead atoms. The molecule has 0 saturated heterocycles. The predicted molar refractivity (Wildman–Crippen MR) is 121 cm³/mol. The summed E-state index contributed by atoms with van der Waals surface area (Å²) < 4.78 is 7.27. The lowest BCUT2D eigenvalue weighted by molar-refractivity contribution is -0.116. The van der Waals surface area contributed by atoms with E-state index in [4.69, 9.17) is 16.3 Å². The number of benzene rings is 2. The van der Waals surface area contributed by atoms with Gasteiger partial charge in [0.1, 0.15) is 11.6 Å². The first kappa shape index (κ1) is 21.1. The van der Waals surface area contributed by atoms with E-state index >= 15 is 0 Å². The van der Waals surface area contributed by atoms with Crippen LogP contribution in [0.1, 0.15) is 52.9 Å². The van der Waals surface area contributed by atoms with Gasteiger partial charge in [-0.25, -0.2) is 4.68 Å². The van der Waals surface area contributed by atoms with Crippen LogP contribution in [0.5, 0.6) is 5.75 Å². The molecule has 1 amide bonds. The molecule has 0 fully saturated rings. The van der Waals surface area contributed by atoms with E-state index < -0.39 is 5.92 Å². The summed E-state index contributed by atoms with van der Waals surface area (Å²) in [6.45, 7) is 6.42. The number of ketones is 1. The lowest BCUT2D eigenvalue weighted by Crippen LogP contribution is -2.28. The molecule has 0 spiro atoms. The molecule has 2 heterocycles. The van der Waals surface area contributed by atoms with E-state index in [0.717, 1.165) is 29.0 Å². The number of aromatic nitrogens is 2. The number of halogens is 1. The normalized spacial score (nSPS) is 15.4. The smallest absolute Gasteiger partial charge is 0.226 e. The van der Waals surface area contributed by atoms with Crippen LogP contribution in [-0.2, 0) is 4.79 Å². The fraction of sp³-hybridized carbons (Fsp3) is 0.292. The Morgan fingerprint density at radius 3 is 2.68 bits per heavy atom. The van der Waals surface area contributed by atoms with Crippen molar-refractivity contribution >= 4 is 29.1 Å². The number of rotatable bonds is 6. The van der Waals surface area contributed by atoms with E-state index in [0.29, 0.717) is 28.7 Å². The fourth-order valence-electron chi connectivity index (χ4n) is 3.91. The fourth-order valence-corrected chi connectivity index (χ4v) is 4.08. The quantitative estimate of drug-likeness (QED) is 0.535. The van der Waals surface area contributed by atoms with Crippen molar-refractivity contribution in [1.82, 2.24) is 9.78 Å². The minimum absolute atomic E-state index is 0.0843. The second-order valence-electron chi connectivity index (χ2n) is 7.69. The molecule has 1 N–H and O–H groups in total. The highest BCUT2D eigenvalue weighted by atomic mass is 35.5. The number of hydrogen-bond acceptors (Lipinski definition) is 4. The zero-order valence-electron chi connectivity index (χ0n) is 17.7. The molecule has 31 heavy (non-hydrogen) atoms. The Balaban J connectivity index is 1.73. The summed E-state index contributed by atoms with van der Waals surface area (Å²) in [7, 11) is 0. The number of nitrogens with one attached hydrogen (secondary N) is 1. The summed E-state index contributed by atoms with van der Waals surface area (Å²) in [6, 6.07) is 12.6. The Hall–Kier alpha value is -3.12. The van der Waals surface area contributed by atoms with E-state index in [1.54, 1.807) is 28.9 Å². The summed E-state index contributed by atoms with van der Waals surface area (Å²) in [5.74, 6) is 0.332. The van der Waals surface area contributed by atoms with E-state index in [1.807, 2.05) is 39.0 Å². The van der Waals surface area contributed by atoms with Crippen LogP contribution in [0.15, 0.2) is 42.5 Å². The second kappa shape index (κ2) is 8.55. The number of ether oxygens (including phenoxy) is 1. The Bertz CT molecular complexity index is 1150. The number of Topliss-reactive ketones (excluding diaryl/α,β-unsaturated/α-hetero) is 1. The van der Waals surface area contributed by atoms with Crippen molar-refractivity contribution in [3.8, 4) is 11.4 Å². The number of carbonyl (C=O) groups is 2. The topological polar surface area (TPSA) is 73.2 Å². The molecule has 1 aromatic heterocycles. The van der Waals surface area contributed by atoms with Gasteiger partial charge in [-0.2, -0.15) is 5.10 Å². The number of hydrogen-bond donors (Lipinski definition) is 1. The molecule has 1 aliphatic rings. The van der Waals surface area contributed by atoms with Crippen LogP contribution < -0.4 is 10.1 Å². The van der Waals surface area contributed by atoms with Crippen LogP contribution in [0.2, 0.25) is 5.02 Å². The molecule has 7 heteroatoms. The number of carbonyl (C=O) groups excluding carboxylic acids is 2. The monoisotopic (exact) mass is 437 g/mol. The summed E-state index contributed by atoms with van der Waals surface area (Å²) in [5, 5.41) is 8.16. The molecule has 0 saturated carbocycles. The molecule has 160 valence electrons. The van der Waals surface area contributed by atoms with Crippen molar-refractivity contribution in [1.29, 1.82) is 0 Å². The van der Waals surface area contributed by atoms with Crippen LogP contribution >= 0.6 is 11.6 Å². The minimum Gasteiger partial charge on any atom is -0.494 e. The van der Waals surface area contributed by atoms with E-state index in [1.165, 1.54) is 0 Å². The van der Waals surface area contributed by atoms with Crippen LogP contribution in [0, 0.1) is 13.8 Å². The summed E-state index contributed by atoms with van der Waals surface area (Å²) in [4.78, 5) is 25.9. The Labute approximate surface area is 186 Å².